The van der Waals surface area contributed by atoms with Crippen LogP contribution in [0.15, 0.2) is 53.6 Å². The molecule has 1 aliphatic heterocycles. The topological polar surface area (TPSA) is 47.9 Å². The van der Waals surface area contributed by atoms with E-state index in [1.54, 1.807) is 18.2 Å². The van der Waals surface area contributed by atoms with Crippen molar-refractivity contribution in [1.29, 1.82) is 0 Å². The third-order valence-electron chi connectivity index (χ3n) is 4.23. The Kier molecular flexibility index (Phi) is 6.20. The largest absolute Gasteiger partial charge is 0.369 e. The summed E-state index contributed by atoms with van der Waals surface area (Å²) in [6, 6.07) is 13.8. The minimum Gasteiger partial charge on any atom is -0.369 e. The molecule has 1 amide bonds. The molecular weight excluding hydrogens is 355 g/mol. The number of nitrogens with one attached hydrogen (secondary N) is 1. The molecule has 0 bridgehead atoms. The summed E-state index contributed by atoms with van der Waals surface area (Å²) in [4.78, 5) is 16.3. The van der Waals surface area contributed by atoms with Crippen molar-refractivity contribution in [2.45, 2.75) is 0 Å². The van der Waals surface area contributed by atoms with Gasteiger partial charge in [0.1, 0.15) is 5.82 Å². The number of hydrazone groups is 1. The van der Waals surface area contributed by atoms with E-state index in [9.17, 15) is 9.18 Å². The predicted octanol–water partition coefficient (Wildman–Crippen LogP) is 2.75. The van der Waals surface area contributed by atoms with E-state index in [1.165, 1.54) is 18.3 Å². The molecule has 0 aromatic heterocycles. The number of halogens is 2. The van der Waals surface area contributed by atoms with Crippen LogP contribution in [0.3, 0.4) is 0 Å². The summed E-state index contributed by atoms with van der Waals surface area (Å²) >= 11 is 6.03. The van der Waals surface area contributed by atoms with E-state index in [1.807, 2.05) is 18.2 Å². The highest BCUT2D eigenvalue weighted by Crippen LogP contribution is 2.16. The Hall–Kier alpha value is -2.44. The van der Waals surface area contributed by atoms with Crippen molar-refractivity contribution in [1.82, 2.24) is 10.3 Å². The monoisotopic (exact) mass is 374 g/mol. The SMILES string of the molecule is O=C(CN1CCN(c2ccc(F)cc2)CC1)N/N=C/c1ccccc1Cl. The quantitative estimate of drug-likeness (QED) is 0.646. The lowest BCUT2D eigenvalue weighted by Crippen LogP contribution is -2.49. The molecule has 5 nitrogen and oxygen atoms in total. The minimum atomic E-state index is -0.235. The number of anilines is 1. The molecule has 2 aromatic carbocycles. The molecule has 1 aliphatic rings. The first-order valence-electron chi connectivity index (χ1n) is 8.41. The normalized spacial score (nSPS) is 15.4. The third kappa shape index (κ3) is 5.03. The second kappa shape index (κ2) is 8.78. The van der Waals surface area contributed by atoms with E-state index in [-0.39, 0.29) is 18.3 Å². The smallest absolute Gasteiger partial charge is 0.254 e. The minimum absolute atomic E-state index is 0.163. The Morgan fingerprint density at radius 2 is 1.81 bits per heavy atom. The zero-order chi connectivity index (χ0) is 18.4. The number of carbonyl (C=O) groups excluding carboxylic acids is 1. The maximum atomic E-state index is 13.0. The lowest BCUT2D eigenvalue weighted by molar-refractivity contribution is -0.122. The first-order valence-corrected chi connectivity index (χ1v) is 8.79. The molecule has 0 atom stereocenters. The van der Waals surface area contributed by atoms with Crippen LogP contribution in [-0.4, -0.2) is 49.7 Å². The van der Waals surface area contributed by atoms with E-state index in [0.717, 1.165) is 37.4 Å². The molecule has 1 heterocycles. The first-order chi connectivity index (χ1) is 12.6. The highest BCUT2D eigenvalue weighted by Gasteiger charge is 2.19. The van der Waals surface area contributed by atoms with Gasteiger partial charge in [-0.2, -0.15) is 5.10 Å². The Morgan fingerprint density at radius 3 is 2.50 bits per heavy atom. The zero-order valence-electron chi connectivity index (χ0n) is 14.2. The molecule has 136 valence electrons. The molecule has 7 heteroatoms. The van der Waals surface area contributed by atoms with Crippen molar-refractivity contribution >= 4 is 29.4 Å². The van der Waals surface area contributed by atoms with E-state index >= 15 is 0 Å². The highest BCUT2D eigenvalue weighted by molar-refractivity contribution is 6.33. The molecule has 0 radical (unpaired) electrons. The fraction of sp³-hybridized carbons (Fsp3) is 0.263. The van der Waals surface area contributed by atoms with Gasteiger partial charge in [-0.05, 0) is 30.3 Å². The summed E-state index contributed by atoms with van der Waals surface area (Å²) in [5.41, 5.74) is 4.28. The Labute approximate surface area is 157 Å². The summed E-state index contributed by atoms with van der Waals surface area (Å²) in [5.74, 6) is -0.398. The maximum absolute atomic E-state index is 13.0. The fourth-order valence-corrected chi connectivity index (χ4v) is 2.99. The third-order valence-corrected chi connectivity index (χ3v) is 4.57. The summed E-state index contributed by atoms with van der Waals surface area (Å²) < 4.78 is 13.0. The van der Waals surface area contributed by atoms with Crippen LogP contribution in [0, 0.1) is 5.82 Å². The van der Waals surface area contributed by atoms with Gasteiger partial charge >= 0.3 is 0 Å². The molecule has 26 heavy (non-hydrogen) atoms. The number of carbonyl (C=O) groups is 1. The van der Waals surface area contributed by atoms with E-state index in [4.69, 9.17) is 11.6 Å². The molecular formula is C19H20ClFN4O. The predicted molar refractivity (Wildman–Crippen MR) is 102 cm³/mol. The van der Waals surface area contributed by atoms with Crippen LogP contribution in [0.25, 0.3) is 0 Å². The van der Waals surface area contributed by atoms with Crippen LogP contribution in [-0.2, 0) is 4.79 Å². The van der Waals surface area contributed by atoms with Crippen LogP contribution in [0.5, 0.6) is 0 Å². The number of rotatable bonds is 5. The van der Waals surface area contributed by atoms with E-state index < -0.39 is 0 Å². The first kappa shape index (κ1) is 18.4. The van der Waals surface area contributed by atoms with Gasteiger partial charge in [-0.3, -0.25) is 9.69 Å². The van der Waals surface area contributed by atoms with Gasteiger partial charge in [-0.15, -0.1) is 0 Å². The second-order valence-corrected chi connectivity index (χ2v) is 6.46. The van der Waals surface area contributed by atoms with Gasteiger partial charge < -0.3 is 4.90 Å². The van der Waals surface area contributed by atoms with Gasteiger partial charge in [0.2, 0.25) is 0 Å². The number of benzene rings is 2. The molecule has 0 spiro atoms. The summed E-state index contributed by atoms with van der Waals surface area (Å²) in [6.07, 6.45) is 1.53. The Balaban J connectivity index is 1.43. The van der Waals surface area contributed by atoms with Gasteiger partial charge in [0.15, 0.2) is 0 Å². The molecule has 3 rings (SSSR count). The molecule has 0 aliphatic carbocycles. The van der Waals surface area contributed by atoms with Gasteiger partial charge in [0, 0.05) is 42.5 Å². The van der Waals surface area contributed by atoms with Crippen LogP contribution in [0.4, 0.5) is 10.1 Å². The molecule has 0 unspecified atom stereocenters. The second-order valence-electron chi connectivity index (χ2n) is 6.05. The number of amides is 1. The number of hydrogen-bond acceptors (Lipinski definition) is 4. The van der Waals surface area contributed by atoms with E-state index in [2.05, 4.69) is 20.3 Å². The number of nitrogens with zero attached hydrogens (tertiary/aromatic N) is 3. The number of piperazine rings is 1. The van der Waals surface area contributed by atoms with Crippen LogP contribution >= 0.6 is 11.6 Å². The average molecular weight is 375 g/mol. The Morgan fingerprint density at radius 1 is 1.12 bits per heavy atom. The molecule has 2 aromatic rings. The summed E-state index contributed by atoms with van der Waals surface area (Å²) in [7, 11) is 0. The van der Waals surface area contributed by atoms with Crippen molar-refractivity contribution in [3.8, 4) is 0 Å². The van der Waals surface area contributed by atoms with Gasteiger partial charge in [-0.25, -0.2) is 9.82 Å². The lowest BCUT2D eigenvalue weighted by Gasteiger charge is -2.35. The van der Waals surface area contributed by atoms with Crippen molar-refractivity contribution in [3.63, 3.8) is 0 Å². The molecule has 1 N–H and O–H groups in total. The molecule has 0 saturated carbocycles. The maximum Gasteiger partial charge on any atom is 0.254 e. The molecule has 1 saturated heterocycles. The lowest BCUT2D eigenvalue weighted by atomic mass is 10.2. The van der Waals surface area contributed by atoms with Crippen LogP contribution < -0.4 is 10.3 Å². The fourth-order valence-electron chi connectivity index (χ4n) is 2.81. The average Bonchev–Trinajstić information content (AvgIpc) is 2.65. The summed E-state index contributed by atoms with van der Waals surface area (Å²) in [6.45, 7) is 3.40. The highest BCUT2D eigenvalue weighted by atomic mass is 35.5. The van der Waals surface area contributed by atoms with Gasteiger partial charge in [-0.1, -0.05) is 29.8 Å². The van der Waals surface area contributed by atoms with Crippen molar-refractivity contribution in [2.75, 3.05) is 37.6 Å². The van der Waals surface area contributed by atoms with Gasteiger partial charge in [0.25, 0.3) is 5.91 Å². The van der Waals surface area contributed by atoms with Gasteiger partial charge in [0.05, 0.1) is 12.8 Å². The van der Waals surface area contributed by atoms with Crippen molar-refractivity contribution in [3.05, 3.63) is 64.9 Å². The van der Waals surface area contributed by atoms with Crippen molar-refractivity contribution in [2.24, 2.45) is 5.10 Å². The van der Waals surface area contributed by atoms with Crippen LogP contribution in [0.2, 0.25) is 5.02 Å². The van der Waals surface area contributed by atoms with E-state index in [0.29, 0.717) is 5.02 Å². The standard InChI is InChI=1S/C19H20ClFN4O/c20-18-4-2-1-3-15(18)13-22-23-19(26)14-24-9-11-25(12-10-24)17-7-5-16(21)6-8-17/h1-8,13H,9-12,14H2,(H,23,26)/b22-13+. The molecule has 1 fully saturated rings. The summed E-state index contributed by atoms with van der Waals surface area (Å²) in [5, 5.41) is 4.54. The Bertz CT molecular complexity index is 773. The van der Waals surface area contributed by atoms with Crippen molar-refractivity contribution < 1.29 is 9.18 Å². The number of hydrogen-bond donors (Lipinski definition) is 1. The zero-order valence-corrected chi connectivity index (χ0v) is 15.0. The van der Waals surface area contributed by atoms with Crippen LogP contribution in [0.1, 0.15) is 5.56 Å².